The number of esters is 2. The summed E-state index contributed by atoms with van der Waals surface area (Å²) in [6.45, 7) is 5.17. The van der Waals surface area contributed by atoms with Gasteiger partial charge < -0.3 is 29.3 Å². The van der Waals surface area contributed by atoms with Gasteiger partial charge in [0.25, 0.3) is 10.1 Å². The van der Waals surface area contributed by atoms with Crippen LogP contribution in [0.4, 0.5) is 0 Å². The molecule has 14 heteroatoms. The van der Waals surface area contributed by atoms with Crippen LogP contribution in [0.15, 0.2) is 24.3 Å². The molecule has 0 aliphatic rings. The molecule has 1 aromatic carbocycles. The van der Waals surface area contributed by atoms with Gasteiger partial charge in [-0.25, -0.2) is 9.59 Å². The number of carboxylic acids is 2. The Morgan fingerprint density at radius 2 is 1.07 bits per heavy atom. The summed E-state index contributed by atoms with van der Waals surface area (Å²) in [7, 11) is -4.94. The zero-order valence-electron chi connectivity index (χ0n) is 25.4. The average molecular weight is 633 g/mol. The van der Waals surface area contributed by atoms with Crippen molar-refractivity contribution < 1.29 is 111 Å². The summed E-state index contributed by atoms with van der Waals surface area (Å²) in [5, 5.41) is 17.3. The fraction of sp³-hybridized carbons (Fsp3) is 0.643. The Balaban J connectivity index is -0.000000923. The van der Waals surface area contributed by atoms with Crippen LogP contribution >= 0.6 is 0 Å². The Kier molecular flexibility index (Phi) is 29.8. The largest absolute Gasteiger partial charge is 1.00 e. The quantitative estimate of drug-likeness (QED) is 0.0663. The number of hydrogen-bond donors (Lipinski definition) is 1. The summed E-state index contributed by atoms with van der Waals surface area (Å²) >= 11 is 0. The van der Waals surface area contributed by atoms with Gasteiger partial charge in [-0.1, -0.05) is 90.2 Å². The molecule has 0 aliphatic carbocycles. The molecule has 0 fully saturated rings. The Bertz CT molecular complexity index is 968. The predicted molar refractivity (Wildman–Crippen MR) is 144 cm³/mol. The second-order valence-corrected chi connectivity index (χ2v) is 10.9. The number of benzene rings is 1. The maximum Gasteiger partial charge on any atom is 1.00 e. The summed E-state index contributed by atoms with van der Waals surface area (Å²) in [4.78, 5) is 44.4. The van der Waals surface area contributed by atoms with Gasteiger partial charge in [-0.05, 0) is 25.0 Å². The number of carbonyl (C=O) groups is 4. The van der Waals surface area contributed by atoms with Gasteiger partial charge in [-0.2, -0.15) is 8.42 Å². The fourth-order valence-electron chi connectivity index (χ4n) is 3.55. The van der Waals surface area contributed by atoms with Gasteiger partial charge in [0.15, 0.2) is 0 Å². The molecule has 0 aromatic heterocycles. The van der Waals surface area contributed by atoms with E-state index in [1.165, 1.54) is 51.4 Å². The molecule has 1 rings (SSSR count). The molecule has 1 N–H and O–H groups in total. The second kappa shape index (κ2) is 27.6. The second-order valence-electron chi connectivity index (χ2n) is 9.25. The van der Waals surface area contributed by atoms with E-state index in [4.69, 9.17) is 14.0 Å². The molecule has 0 aliphatic heterocycles. The van der Waals surface area contributed by atoms with Gasteiger partial charge >= 0.3 is 71.1 Å². The molecule has 1 atom stereocenters. The minimum atomic E-state index is -4.94. The first kappa shape index (κ1) is 45.4. The number of hydrogen-bond acceptors (Lipinski definition) is 10. The van der Waals surface area contributed by atoms with Crippen molar-refractivity contribution in [2.75, 3.05) is 13.2 Å². The van der Waals surface area contributed by atoms with E-state index in [1.807, 2.05) is 0 Å². The van der Waals surface area contributed by atoms with Gasteiger partial charge in [-0.15, -0.1) is 0 Å². The number of carbonyl (C=O) groups excluding carboxylic acids is 4. The van der Waals surface area contributed by atoms with E-state index < -0.39 is 45.7 Å². The van der Waals surface area contributed by atoms with Gasteiger partial charge in [0.1, 0.15) is 5.25 Å². The monoisotopic (exact) mass is 632 g/mol. The third-order valence-electron chi connectivity index (χ3n) is 5.80. The van der Waals surface area contributed by atoms with Crippen LogP contribution in [0.1, 0.15) is 118 Å². The van der Waals surface area contributed by atoms with Crippen LogP contribution in [-0.2, 0) is 29.2 Å². The average Bonchev–Trinajstić information content (AvgIpc) is 2.90. The molecule has 0 saturated carbocycles. The van der Waals surface area contributed by atoms with Crippen molar-refractivity contribution in [2.24, 2.45) is 0 Å². The van der Waals surface area contributed by atoms with Crippen LogP contribution in [0.25, 0.3) is 0 Å². The molecule has 228 valence electrons. The standard InChI is InChI=1S/C24H38O4.C4H6O7S.2Na/c1-3-5-7-9-11-15-19-27-23(25)21-17-13-14-18-22(21)24(26)28-20-16-12-10-8-6-4-2;5-3(6)1-2(4(7)8)12(9,10)11;;/h13-14,17-18H,3-12,15-16,19-20H2,1-2H3;2H,1H2,(H,5,6)(H,7,8)(H,9,10,11);;/q;;2*+1/p-2. The van der Waals surface area contributed by atoms with Crippen LogP contribution in [0.3, 0.4) is 0 Å². The van der Waals surface area contributed by atoms with Crippen molar-refractivity contribution in [2.45, 2.75) is 103 Å². The third-order valence-corrected chi connectivity index (χ3v) is 6.88. The van der Waals surface area contributed by atoms with E-state index in [-0.39, 0.29) is 59.1 Å². The zero-order chi connectivity index (χ0) is 30.4. The molecule has 42 heavy (non-hydrogen) atoms. The first-order valence-electron chi connectivity index (χ1n) is 13.8. The fourth-order valence-corrected chi connectivity index (χ4v) is 4.14. The van der Waals surface area contributed by atoms with E-state index >= 15 is 0 Å². The molecule has 0 heterocycles. The Morgan fingerprint density at radius 3 is 1.36 bits per heavy atom. The van der Waals surface area contributed by atoms with Crippen molar-refractivity contribution in [3.05, 3.63) is 35.4 Å². The smallest absolute Gasteiger partial charge is 0.550 e. The Morgan fingerprint density at radius 1 is 0.714 bits per heavy atom. The Hall–Kier alpha value is -0.990. The van der Waals surface area contributed by atoms with Crippen LogP contribution < -0.4 is 69.3 Å². The minimum absolute atomic E-state index is 0. The van der Waals surface area contributed by atoms with E-state index in [1.54, 1.807) is 24.3 Å². The molecule has 0 radical (unpaired) electrons. The van der Waals surface area contributed by atoms with Crippen molar-refractivity contribution >= 4 is 34.0 Å². The van der Waals surface area contributed by atoms with E-state index in [0.717, 1.165) is 25.7 Å². The van der Waals surface area contributed by atoms with Crippen molar-refractivity contribution in [1.29, 1.82) is 0 Å². The van der Waals surface area contributed by atoms with E-state index in [2.05, 4.69) is 13.8 Å². The summed E-state index contributed by atoms with van der Waals surface area (Å²) in [6.07, 6.45) is 12.3. The summed E-state index contributed by atoms with van der Waals surface area (Å²) in [5.41, 5.74) is 0.586. The molecule has 1 aromatic rings. The molecule has 11 nitrogen and oxygen atoms in total. The van der Waals surface area contributed by atoms with Crippen LogP contribution in [0.2, 0.25) is 0 Å². The SMILES string of the molecule is CCCCCCCCOC(=O)c1ccccc1C(=O)OCCCCCCCC.O=C([O-])CC(C(=O)[O-])S(=O)(=O)O.[Na+].[Na+]. The molecule has 0 bridgehead atoms. The third kappa shape index (κ3) is 22.5. The predicted octanol–water partition coefficient (Wildman–Crippen LogP) is -3.14. The molecule has 0 spiro atoms. The zero-order valence-corrected chi connectivity index (χ0v) is 30.2. The molecular formula is C28H42Na2O11S. The van der Waals surface area contributed by atoms with Crippen LogP contribution in [-0.4, -0.2) is 55.3 Å². The molecular weight excluding hydrogens is 590 g/mol. The Labute approximate surface area is 293 Å². The molecule has 0 amide bonds. The molecule has 0 saturated heterocycles. The van der Waals surface area contributed by atoms with Crippen molar-refractivity contribution in [3.63, 3.8) is 0 Å². The number of ether oxygens (including phenoxy) is 2. The van der Waals surface area contributed by atoms with Crippen LogP contribution in [0, 0.1) is 0 Å². The van der Waals surface area contributed by atoms with Gasteiger partial charge in [0.05, 0.1) is 30.3 Å². The number of unbranched alkanes of at least 4 members (excludes halogenated alkanes) is 10. The normalized spacial score (nSPS) is 11.0. The summed E-state index contributed by atoms with van der Waals surface area (Å²) in [6, 6.07) is 6.74. The number of carboxylic acid groups (broad SMARTS) is 2. The van der Waals surface area contributed by atoms with Gasteiger partial charge in [0, 0.05) is 12.4 Å². The maximum absolute atomic E-state index is 12.4. The van der Waals surface area contributed by atoms with Crippen molar-refractivity contribution in [1.82, 2.24) is 0 Å². The first-order chi connectivity index (χ1) is 18.9. The first-order valence-corrected chi connectivity index (χ1v) is 15.3. The van der Waals surface area contributed by atoms with Gasteiger partial charge in [-0.3, -0.25) is 4.55 Å². The van der Waals surface area contributed by atoms with E-state index in [0.29, 0.717) is 24.3 Å². The van der Waals surface area contributed by atoms with Gasteiger partial charge in [0.2, 0.25) is 0 Å². The maximum atomic E-state index is 12.4. The van der Waals surface area contributed by atoms with Crippen molar-refractivity contribution in [3.8, 4) is 0 Å². The molecule has 1 unspecified atom stereocenters. The van der Waals surface area contributed by atoms with Crippen LogP contribution in [0.5, 0.6) is 0 Å². The number of rotatable bonds is 20. The number of aliphatic carboxylic acids is 2. The summed E-state index contributed by atoms with van der Waals surface area (Å²) < 4.78 is 39.2. The topological polar surface area (TPSA) is 187 Å². The minimum Gasteiger partial charge on any atom is -0.550 e. The summed E-state index contributed by atoms with van der Waals surface area (Å²) in [5.74, 6) is -4.97. The van der Waals surface area contributed by atoms with E-state index in [9.17, 15) is 37.8 Å².